The van der Waals surface area contributed by atoms with Gasteiger partial charge in [0.25, 0.3) is 0 Å². The zero-order chi connectivity index (χ0) is 17.2. The molecule has 1 aliphatic heterocycles. The Bertz CT molecular complexity index is 745. The first-order valence-corrected chi connectivity index (χ1v) is 9.36. The minimum Gasteiger partial charge on any atom is -0.508 e. The predicted molar refractivity (Wildman–Crippen MR) is 100 cm³/mol. The van der Waals surface area contributed by atoms with Crippen LogP contribution >= 0.6 is 0 Å². The van der Waals surface area contributed by atoms with E-state index in [0.29, 0.717) is 11.7 Å². The fourth-order valence-electron chi connectivity index (χ4n) is 4.36. The first-order valence-electron chi connectivity index (χ1n) is 9.36. The second-order valence-corrected chi connectivity index (χ2v) is 7.38. The monoisotopic (exact) mass is 335 g/mol. The lowest BCUT2D eigenvalue weighted by atomic mass is 9.79. The van der Waals surface area contributed by atoms with Gasteiger partial charge < -0.3 is 14.8 Å². The van der Waals surface area contributed by atoms with E-state index in [9.17, 15) is 9.90 Å². The van der Waals surface area contributed by atoms with E-state index in [1.54, 1.807) is 0 Å². The highest BCUT2D eigenvalue weighted by Gasteiger charge is 2.23. The molecule has 1 N–H and O–H groups in total. The second kappa shape index (κ2) is 6.91. The molecule has 0 amide bonds. The number of nitrogens with zero attached hydrogens (tertiary/aromatic N) is 1. The smallest absolute Gasteiger partial charge is 0.123 e. The van der Waals surface area contributed by atoms with Gasteiger partial charge in [-0.15, -0.1) is 0 Å². The summed E-state index contributed by atoms with van der Waals surface area (Å²) in [7, 11) is 0. The van der Waals surface area contributed by atoms with E-state index in [1.807, 2.05) is 12.1 Å². The van der Waals surface area contributed by atoms with Gasteiger partial charge in [-0.2, -0.15) is 0 Å². The zero-order valence-corrected chi connectivity index (χ0v) is 14.5. The number of piperidine rings is 1. The summed E-state index contributed by atoms with van der Waals surface area (Å²) < 4.78 is 0. The number of anilines is 1. The van der Waals surface area contributed by atoms with Crippen LogP contribution in [0.25, 0.3) is 0 Å². The number of aldehydes is 1. The number of aromatic hydroxyl groups is 1. The number of hydrogen-bond donors (Lipinski definition) is 1. The van der Waals surface area contributed by atoms with Gasteiger partial charge in [-0.3, -0.25) is 0 Å². The minimum atomic E-state index is 0.241. The number of phenolic OH excluding ortho intramolecular Hbond substituents is 1. The van der Waals surface area contributed by atoms with Gasteiger partial charge in [-0.25, -0.2) is 0 Å². The number of benzene rings is 2. The van der Waals surface area contributed by atoms with E-state index in [0.717, 1.165) is 38.6 Å². The Morgan fingerprint density at radius 2 is 1.76 bits per heavy atom. The molecule has 1 atom stereocenters. The summed E-state index contributed by atoms with van der Waals surface area (Å²) in [6, 6.07) is 14.8. The number of carbonyl (C=O) groups excluding carboxylic acids is 1. The number of rotatable bonds is 3. The number of carbonyl (C=O) groups is 1. The van der Waals surface area contributed by atoms with Crippen LogP contribution in [0.3, 0.4) is 0 Å². The fourth-order valence-corrected chi connectivity index (χ4v) is 4.36. The Balaban J connectivity index is 1.53. The molecule has 0 bridgehead atoms. The molecule has 25 heavy (non-hydrogen) atoms. The zero-order valence-electron chi connectivity index (χ0n) is 14.5. The lowest BCUT2D eigenvalue weighted by Crippen LogP contribution is -2.34. The van der Waals surface area contributed by atoms with Crippen LogP contribution < -0.4 is 4.90 Å². The lowest BCUT2D eigenvalue weighted by molar-refractivity contribution is -0.111. The van der Waals surface area contributed by atoms with E-state index in [2.05, 4.69) is 35.2 Å². The average Bonchev–Trinajstić information content (AvgIpc) is 2.67. The molecule has 1 heterocycles. The number of hydrogen-bond acceptors (Lipinski definition) is 3. The van der Waals surface area contributed by atoms with Crippen molar-refractivity contribution in [2.75, 3.05) is 18.0 Å². The Labute approximate surface area is 149 Å². The molecule has 0 aromatic heterocycles. The molecule has 0 spiro atoms. The third kappa shape index (κ3) is 3.28. The molecule has 1 aliphatic carbocycles. The topological polar surface area (TPSA) is 40.5 Å². The first kappa shape index (κ1) is 16.2. The predicted octanol–water partition coefficient (Wildman–Crippen LogP) is 4.28. The van der Waals surface area contributed by atoms with Crippen LogP contribution in [0.2, 0.25) is 0 Å². The van der Waals surface area contributed by atoms with Crippen molar-refractivity contribution in [1.29, 1.82) is 0 Å². The molecule has 2 aliphatic rings. The third-order valence-electron chi connectivity index (χ3n) is 5.83. The van der Waals surface area contributed by atoms with Crippen molar-refractivity contribution in [2.24, 2.45) is 5.92 Å². The lowest BCUT2D eigenvalue weighted by Gasteiger charge is -2.32. The molecular weight excluding hydrogens is 310 g/mol. The number of phenols is 1. The van der Waals surface area contributed by atoms with Crippen LogP contribution in [0.1, 0.15) is 48.3 Å². The van der Waals surface area contributed by atoms with Gasteiger partial charge in [0, 0.05) is 30.6 Å². The van der Waals surface area contributed by atoms with Crippen molar-refractivity contribution in [3.63, 3.8) is 0 Å². The molecule has 1 saturated heterocycles. The molecule has 0 unspecified atom stereocenters. The Kier molecular flexibility index (Phi) is 4.48. The summed E-state index contributed by atoms with van der Waals surface area (Å²) >= 11 is 0. The van der Waals surface area contributed by atoms with Crippen LogP contribution in [0.5, 0.6) is 5.75 Å². The van der Waals surface area contributed by atoms with E-state index < -0.39 is 0 Å². The second-order valence-electron chi connectivity index (χ2n) is 7.38. The quantitative estimate of drug-likeness (QED) is 0.851. The first-order chi connectivity index (χ1) is 12.2. The Morgan fingerprint density at radius 3 is 2.48 bits per heavy atom. The highest BCUT2D eigenvalue weighted by molar-refractivity contribution is 5.56. The molecule has 2 aromatic carbocycles. The van der Waals surface area contributed by atoms with Gasteiger partial charge in [0.15, 0.2) is 0 Å². The maximum Gasteiger partial charge on any atom is 0.123 e. The van der Waals surface area contributed by atoms with Gasteiger partial charge in [-0.05, 0) is 73.1 Å². The van der Waals surface area contributed by atoms with Gasteiger partial charge in [0.2, 0.25) is 0 Å². The Morgan fingerprint density at radius 1 is 1.00 bits per heavy atom. The molecule has 1 fully saturated rings. The van der Waals surface area contributed by atoms with Crippen LogP contribution in [0.4, 0.5) is 5.69 Å². The SMILES string of the molecule is O=CC1CCN(c2ccc([C@@H]3CCCc4cc(O)ccc43)cc2)CC1. The van der Waals surface area contributed by atoms with Gasteiger partial charge in [0.1, 0.15) is 12.0 Å². The van der Waals surface area contributed by atoms with Crippen molar-refractivity contribution in [1.82, 2.24) is 0 Å². The highest BCUT2D eigenvalue weighted by atomic mass is 16.3. The summed E-state index contributed by atoms with van der Waals surface area (Å²) in [6.45, 7) is 1.93. The standard InChI is InChI=1S/C22H25NO2/c24-15-16-10-12-23(13-11-16)19-6-4-17(5-7-19)21-3-1-2-18-14-20(25)8-9-22(18)21/h4-9,14-16,21,25H,1-3,10-13H2/t21-/m0/s1. The molecule has 3 heteroatoms. The summed E-state index contributed by atoms with van der Waals surface area (Å²) in [5, 5.41) is 9.73. The average molecular weight is 335 g/mol. The van der Waals surface area contributed by atoms with Crippen molar-refractivity contribution < 1.29 is 9.90 Å². The maximum absolute atomic E-state index is 10.9. The van der Waals surface area contributed by atoms with Crippen LogP contribution in [-0.4, -0.2) is 24.5 Å². The van der Waals surface area contributed by atoms with E-state index >= 15 is 0 Å². The maximum atomic E-state index is 10.9. The van der Waals surface area contributed by atoms with Crippen molar-refractivity contribution in [3.05, 3.63) is 59.2 Å². The summed E-state index contributed by atoms with van der Waals surface area (Å²) in [5.74, 6) is 1.04. The fraction of sp³-hybridized carbons (Fsp3) is 0.409. The largest absolute Gasteiger partial charge is 0.508 e. The number of aryl methyl sites for hydroxylation is 1. The molecule has 4 rings (SSSR count). The van der Waals surface area contributed by atoms with E-state index in [1.165, 1.54) is 35.2 Å². The summed E-state index contributed by atoms with van der Waals surface area (Å²) in [4.78, 5) is 13.3. The third-order valence-corrected chi connectivity index (χ3v) is 5.83. The van der Waals surface area contributed by atoms with Gasteiger partial charge >= 0.3 is 0 Å². The highest BCUT2D eigenvalue weighted by Crippen LogP contribution is 2.38. The normalized spacial score (nSPS) is 21.0. The molecule has 2 aromatic rings. The molecule has 3 nitrogen and oxygen atoms in total. The molecule has 0 saturated carbocycles. The molecular formula is C22H25NO2. The van der Waals surface area contributed by atoms with Gasteiger partial charge in [-0.1, -0.05) is 18.2 Å². The van der Waals surface area contributed by atoms with E-state index in [-0.39, 0.29) is 5.92 Å². The number of fused-ring (bicyclic) bond motifs is 1. The summed E-state index contributed by atoms with van der Waals surface area (Å²) in [5.41, 5.74) is 5.27. The minimum absolute atomic E-state index is 0.241. The van der Waals surface area contributed by atoms with Crippen molar-refractivity contribution >= 4 is 12.0 Å². The summed E-state index contributed by atoms with van der Waals surface area (Å²) in [6.07, 6.45) is 6.43. The molecule has 0 radical (unpaired) electrons. The van der Waals surface area contributed by atoms with Crippen molar-refractivity contribution in [3.8, 4) is 5.75 Å². The van der Waals surface area contributed by atoms with Crippen LogP contribution in [0.15, 0.2) is 42.5 Å². The molecule has 130 valence electrons. The van der Waals surface area contributed by atoms with Crippen molar-refractivity contribution in [2.45, 2.75) is 38.0 Å². The van der Waals surface area contributed by atoms with Crippen LogP contribution in [-0.2, 0) is 11.2 Å². The Hall–Kier alpha value is -2.29. The van der Waals surface area contributed by atoms with E-state index in [4.69, 9.17) is 0 Å². The van der Waals surface area contributed by atoms with Crippen LogP contribution in [0, 0.1) is 5.92 Å². The van der Waals surface area contributed by atoms with Gasteiger partial charge in [0.05, 0.1) is 0 Å².